The molecule has 4 nitrogen and oxygen atoms in total. The van der Waals surface area contributed by atoms with E-state index in [0.29, 0.717) is 11.7 Å². The first-order valence-corrected chi connectivity index (χ1v) is 6.52. The lowest BCUT2D eigenvalue weighted by Gasteiger charge is -2.16. The molecule has 0 aromatic carbocycles. The number of nitrogens with two attached hydrogens (primary N) is 1. The van der Waals surface area contributed by atoms with Gasteiger partial charge in [0, 0.05) is 0 Å². The molecule has 0 bridgehead atoms. The van der Waals surface area contributed by atoms with Gasteiger partial charge in [-0.2, -0.15) is 4.98 Å². The SMILES string of the molecule is CCC(C)(N)c1noc(-c2ccc(Br)s2)n1. The van der Waals surface area contributed by atoms with Crippen LogP contribution in [0.1, 0.15) is 26.1 Å². The quantitative estimate of drug-likeness (QED) is 0.946. The maximum absolute atomic E-state index is 6.04. The standard InChI is InChI=1S/C10H12BrN3OS/c1-3-10(2,12)9-13-8(15-14-9)6-4-5-7(11)16-6/h4-5H,3,12H2,1-2H3. The van der Waals surface area contributed by atoms with Gasteiger partial charge >= 0.3 is 0 Å². The molecule has 2 aromatic rings. The van der Waals surface area contributed by atoms with E-state index in [1.807, 2.05) is 26.0 Å². The number of hydrogen-bond acceptors (Lipinski definition) is 5. The Morgan fingerprint density at radius 3 is 2.88 bits per heavy atom. The van der Waals surface area contributed by atoms with Crippen LogP contribution in [0.15, 0.2) is 20.4 Å². The second-order valence-electron chi connectivity index (χ2n) is 3.80. The molecule has 2 aromatic heterocycles. The first-order chi connectivity index (χ1) is 7.53. The molecule has 6 heteroatoms. The van der Waals surface area contributed by atoms with Crippen LogP contribution in [0.5, 0.6) is 0 Å². The predicted octanol–water partition coefficient (Wildman–Crippen LogP) is 3.14. The minimum Gasteiger partial charge on any atom is -0.333 e. The zero-order valence-electron chi connectivity index (χ0n) is 9.03. The van der Waals surface area contributed by atoms with E-state index < -0.39 is 5.54 Å². The Morgan fingerprint density at radius 1 is 1.56 bits per heavy atom. The number of rotatable bonds is 3. The molecule has 2 heterocycles. The van der Waals surface area contributed by atoms with Gasteiger partial charge in [0.15, 0.2) is 5.82 Å². The fraction of sp³-hybridized carbons (Fsp3) is 0.400. The first kappa shape index (κ1) is 11.8. The van der Waals surface area contributed by atoms with Gasteiger partial charge in [-0.25, -0.2) is 0 Å². The average molecular weight is 302 g/mol. The third-order valence-corrected chi connectivity index (χ3v) is 4.07. The number of aromatic nitrogens is 2. The third kappa shape index (κ3) is 2.18. The molecule has 16 heavy (non-hydrogen) atoms. The van der Waals surface area contributed by atoms with Gasteiger partial charge in [-0.1, -0.05) is 12.1 Å². The second-order valence-corrected chi connectivity index (χ2v) is 6.26. The van der Waals surface area contributed by atoms with Crippen LogP contribution in [0.25, 0.3) is 10.8 Å². The number of thiophene rings is 1. The summed E-state index contributed by atoms with van der Waals surface area (Å²) in [4.78, 5) is 5.27. The molecule has 1 unspecified atom stereocenters. The van der Waals surface area contributed by atoms with Crippen LogP contribution in [0.2, 0.25) is 0 Å². The molecular weight excluding hydrogens is 290 g/mol. The van der Waals surface area contributed by atoms with Crippen molar-refractivity contribution in [1.29, 1.82) is 0 Å². The zero-order valence-corrected chi connectivity index (χ0v) is 11.4. The van der Waals surface area contributed by atoms with E-state index in [2.05, 4.69) is 26.1 Å². The number of hydrogen-bond donors (Lipinski definition) is 1. The fourth-order valence-corrected chi connectivity index (χ4v) is 2.45. The van der Waals surface area contributed by atoms with Crippen molar-refractivity contribution in [2.24, 2.45) is 5.73 Å². The summed E-state index contributed by atoms with van der Waals surface area (Å²) in [5.41, 5.74) is 5.51. The molecule has 0 saturated heterocycles. The van der Waals surface area contributed by atoms with Gasteiger partial charge in [-0.3, -0.25) is 0 Å². The lowest BCUT2D eigenvalue weighted by Crippen LogP contribution is -2.33. The van der Waals surface area contributed by atoms with Gasteiger partial charge in [-0.15, -0.1) is 11.3 Å². The van der Waals surface area contributed by atoms with E-state index in [1.165, 1.54) is 0 Å². The van der Waals surface area contributed by atoms with Gasteiger partial charge in [0.25, 0.3) is 5.89 Å². The van der Waals surface area contributed by atoms with Crippen LogP contribution in [-0.4, -0.2) is 10.1 Å². The number of halogens is 1. The maximum Gasteiger partial charge on any atom is 0.268 e. The summed E-state index contributed by atoms with van der Waals surface area (Å²) in [6.07, 6.45) is 0.764. The summed E-state index contributed by atoms with van der Waals surface area (Å²) in [6, 6.07) is 3.89. The highest BCUT2D eigenvalue weighted by Crippen LogP contribution is 2.31. The Hall–Kier alpha value is -0.720. The van der Waals surface area contributed by atoms with Crippen molar-refractivity contribution in [3.8, 4) is 10.8 Å². The zero-order chi connectivity index (χ0) is 11.8. The first-order valence-electron chi connectivity index (χ1n) is 4.91. The Balaban J connectivity index is 2.33. The maximum atomic E-state index is 6.04. The smallest absolute Gasteiger partial charge is 0.268 e. The summed E-state index contributed by atoms with van der Waals surface area (Å²) in [5, 5.41) is 3.92. The van der Waals surface area contributed by atoms with Gasteiger partial charge in [0.1, 0.15) is 0 Å². The fourth-order valence-electron chi connectivity index (χ4n) is 1.14. The highest BCUT2D eigenvalue weighted by molar-refractivity contribution is 9.11. The van der Waals surface area contributed by atoms with Crippen LogP contribution < -0.4 is 5.73 Å². The second kappa shape index (κ2) is 4.27. The van der Waals surface area contributed by atoms with Crippen molar-refractivity contribution >= 4 is 27.3 Å². The molecule has 2 rings (SSSR count). The third-order valence-electron chi connectivity index (χ3n) is 2.46. The topological polar surface area (TPSA) is 64.9 Å². The highest BCUT2D eigenvalue weighted by atomic mass is 79.9. The molecule has 0 aliphatic heterocycles. The van der Waals surface area contributed by atoms with E-state index in [-0.39, 0.29) is 0 Å². The minimum absolute atomic E-state index is 0.524. The van der Waals surface area contributed by atoms with Crippen molar-refractivity contribution < 1.29 is 4.52 Å². The van der Waals surface area contributed by atoms with Gasteiger partial charge in [0.2, 0.25) is 0 Å². The minimum atomic E-state index is -0.532. The van der Waals surface area contributed by atoms with Crippen LogP contribution in [0.4, 0.5) is 0 Å². The summed E-state index contributed by atoms with van der Waals surface area (Å²) < 4.78 is 6.24. The molecule has 0 spiro atoms. The molecule has 0 fully saturated rings. The Kier molecular flexibility index (Phi) is 3.14. The Morgan fingerprint density at radius 2 is 2.31 bits per heavy atom. The lowest BCUT2D eigenvalue weighted by molar-refractivity contribution is 0.379. The van der Waals surface area contributed by atoms with Gasteiger partial charge in [-0.05, 0) is 41.4 Å². The van der Waals surface area contributed by atoms with E-state index in [0.717, 1.165) is 15.1 Å². The van der Waals surface area contributed by atoms with Crippen molar-refractivity contribution in [3.63, 3.8) is 0 Å². The van der Waals surface area contributed by atoms with Crippen molar-refractivity contribution in [2.45, 2.75) is 25.8 Å². The molecule has 1 atom stereocenters. The molecular formula is C10H12BrN3OS. The summed E-state index contributed by atoms with van der Waals surface area (Å²) >= 11 is 4.95. The largest absolute Gasteiger partial charge is 0.333 e. The molecule has 0 radical (unpaired) electrons. The lowest BCUT2D eigenvalue weighted by atomic mass is 10.0. The molecule has 2 N–H and O–H groups in total. The van der Waals surface area contributed by atoms with E-state index in [1.54, 1.807) is 11.3 Å². The van der Waals surface area contributed by atoms with Crippen LogP contribution in [0.3, 0.4) is 0 Å². The van der Waals surface area contributed by atoms with Crippen LogP contribution >= 0.6 is 27.3 Å². The Labute approximate surface area is 106 Å². The molecule has 0 aliphatic rings. The summed E-state index contributed by atoms with van der Waals surface area (Å²) in [7, 11) is 0. The average Bonchev–Trinajstić information content (AvgIpc) is 2.85. The Bertz CT molecular complexity index is 492. The van der Waals surface area contributed by atoms with Crippen LogP contribution in [-0.2, 0) is 5.54 Å². The summed E-state index contributed by atoms with van der Waals surface area (Å²) in [6.45, 7) is 3.89. The van der Waals surface area contributed by atoms with E-state index >= 15 is 0 Å². The van der Waals surface area contributed by atoms with Crippen LogP contribution in [0, 0.1) is 0 Å². The van der Waals surface area contributed by atoms with E-state index in [4.69, 9.17) is 10.3 Å². The monoisotopic (exact) mass is 301 g/mol. The van der Waals surface area contributed by atoms with Gasteiger partial charge in [0.05, 0.1) is 14.2 Å². The predicted molar refractivity (Wildman–Crippen MR) is 67.1 cm³/mol. The molecule has 86 valence electrons. The highest BCUT2D eigenvalue weighted by Gasteiger charge is 2.25. The number of nitrogens with zero attached hydrogens (tertiary/aromatic N) is 2. The summed E-state index contributed by atoms with van der Waals surface area (Å²) in [5.74, 6) is 1.07. The van der Waals surface area contributed by atoms with Gasteiger partial charge < -0.3 is 10.3 Å². The molecule has 0 amide bonds. The van der Waals surface area contributed by atoms with Crippen molar-refractivity contribution in [1.82, 2.24) is 10.1 Å². The van der Waals surface area contributed by atoms with Crippen molar-refractivity contribution in [3.05, 3.63) is 21.7 Å². The molecule has 0 aliphatic carbocycles. The molecule has 0 saturated carbocycles. The normalized spacial score (nSPS) is 15.0. The van der Waals surface area contributed by atoms with E-state index in [9.17, 15) is 0 Å². The van der Waals surface area contributed by atoms with Crippen molar-refractivity contribution in [2.75, 3.05) is 0 Å².